The molecule has 0 unspecified atom stereocenters. The molecule has 0 bridgehead atoms. The number of nitrogens with one attached hydrogen (secondary N) is 4. The van der Waals surface area contributed by atoms with E-state index in [0.29, 0.717) is 12.8 Å². The zero-order chi connectivity index (χ0) is 25.1. The van der Waals surface area contributed by atoms with Gasteiger partial charge in [0.15, 0.2) is 0 Å². The molecule has 0 saturated heterocycles. The second-order valence-corrected chi connectivity index (χ2v) is 11.5. The summed E-state index contributed by atoms with van der Waals surface area (Å²) in [5.74, 6) is -1.06. The topological polar surface area (TPSA) is 116 Å². The lowest BCUT2D eigenvalue weighted by atomic mass is 9.96. The molecule has 3 amide bonds. The first-order valence-electron chi connectivity index (χ1n) is 11.2. The summed E-state index contributed by atoms with van der Waals surface area (Å²) in [6.45, 7) is 0.359. The zero-order valence-corrected chi connectivity index (χ0v) is 21.7. The average Bonchev–Trinajstić information content (AvgIpc) is 2.75. The maximum absolute atomic E-state index is 13.1. The highest BCUT2D eigenvalue weighted by Gasteiger charge is 2.24. The Morgan fingerprint density at radius 3 is 2.41 bits per heavy atom. The minimum atomic E-state index is -3.88. The van der Waals surface area contributed by atoms with Gasteiger partial charge in [0.2, 0.25) is 15.9 Å². The number of halogens is 4. The van der Waals surface area contributed by atoms with Crippen LogP contribution in [0.2, 0.25) is 5.02 Å². The van der Waals surface area contributed by atoms with Crippen molar-refractivity contribution >= 4 is 56.8 Å². The molecule has 1 atom stereocenters. The van der Waals surface area contributed by atoms with Gasteiger partial charge in [-0.15, -0.1) is 23.2 Å². The molecular formula is C21H30Cl3FN4O4S. The minimum absolute atomic E-state index is 0.0469. The van der Waals surface area contributed by atoms with E-state index in [4.69, 9.17) is 34.8 Å². The summed E-state index contributed by atoms with van der Waals surface area (Å²) in [5.41, 5.74) is 0. The molecule has 0 aliphatic heterocycles. The Balaban J connectivity index is 1.73. The number of rotatable bonds is 12. The second-order valence-electron chi connectivity index (χ2n) is 8.10. The molecule has 0 spiro atoms. The number of hydrogen-bond acceptors (Lipinski definition) is 4. The lowest BCUT2D eigenvalue weighted by Gasteiger charge is -2.25. The molecule has 192 valence electrons. The molecule has 13 heteroatoms. The van der Waals surface area contributed by atoms with E-state index < -0.39 is 38.7 Å². The van der Waals surface area contributed by atoms with Crippen LogP contribution in [0.15, 0.2) is 23.1 Å². The number of carbonyl (C=O) groups excluding carboxylic acids is 2. The van der Waals surface area contributed by atoms with Crippen molar-refractivity contribution in [2.24, 2.45) is 0 Å². The Morgan fingerprint density at radius 1 is 1.09 bits per heavy atom. The van der Waals surface area contributed by atoms with Crippen LogP contribution >= 0.6 is 34.8 Å². The van der Waals surface area contributed by atoms with Gasteiger partial charge in [-0.3, -0.25) is 4.79 Å². The number of amides is 3. The summed E-state index contributed by atoms with van der Waals surface area (Å²) in [6.07, 6.45) is 6.05. The summed E-state index contributed by atoms with van der Waals surface area (Å²) in [7, 11) is -3.88. The quantitative estimate of drug-likeness (QED) is 0.230. The lowest BCUT2D eigenvalue weighted by Crippen LogP contribution is -2.52. The van der Waals surface area contributed by atoms with Gasteiger partial charge in [-0.2, -0.15) is 0 Å². The van der Waals surface area contributed by atoms with Gasteiger partial charge < -0.3 is 16.0 Å². The molecule has 0 radical (unpaired) electrons. The summed E-state index contributed by atoms with van der Waals surface area (Å²) in [5, 5.41) is 8.01. The highest BCUT2D eigenvalue weighted by atomic mass is 35.5. The highest BCUT2D eigenvalue weighted by Crippen LogP contribution is 2.22. The van der Waals surface area contributed by atoms with E-state index in [1.165, 1.54) is 0 Å². The van der Waals surface area contributed by atoms with Crippen LogP contribution in [-0.2, 0) is 14.8 Å². The van der Waals surface area contributed by atoms with E-state index in [0.717, 1.165) is 50.3 Å². The molecule has 1 aliphatic carbocycles. The molecule has 1 aromatic carbocycles. The van der Waals surface area contributed by atoms with Crippen LogP contribution in [-0.4, -0.2) is 50.4 Å². The van der Waals surface area contributed by atoms with Gasteiger partial charge in [0.1, 0.15) is 21.6 Å². The predicted molar refractivity (Wildman–Crippen MR) is 131 cm³/mol. The summed E-state index contributed by atoms with van der Waals surface area (Å²) >= 11 is 17.5. The molecule has 1 aromatic rings. The van der Waals surface area contributed by atoms with Gasteiger partial charge in [0.25, 0.3) is 0 Å². The number of urea groups is 1. The molecule has 0 aromatic heterocycles. The fourth-order valence-corrected chi connectivity index (χ4v) is 5.56. The third-order valence-corrected chi connectivity index (χ3v) is 7.65. The molecule has 0 heterocycles. The Labute approximate surface area is 214 Å². The number of hydrogen-bond donors (Lipinski definition) is 4. The Hall–Kier alpha value is -1.33. The van der Waals surface area contributed by atoms with Crippen LogP contribution in [0.4, 0.5) is 9.18 Å². The van der Waals surface area contributed by atoms with E-state index in [1.54, 1.807) is 0 Å². The SMILES string of the molecule is O=C(NC1CCCCC1)N[C@@H](CC(Cl)Cl)C(=O)NCCCCNS(=O)(=O)c1ccc(F)cc1Cl. The number of sulfonamides is 1. The Kier molecular flexibility index (Phi) is 12.1. The van der Waals surface area contributed by atoms with E-state index in [9.17, 15) is 22.4 Å². The fraction of sp³-hybridized carbons (Fsp3) is 0.619. The van der Waals surface area contributed by atoms with Crippen LogP contribution in [0.25, 0.3) is 0 Å². The lowest BCUT2D eigenvalue weighted by molar-refractivity contribution is -0.123. The third kappa shape index (κ3) is 10.1. The van der Waals surface area contributed by atoms with Crippen molar-refractivity contribution in [1.82, 2.24) is 20.7 Å². The monoisotopic (exact) mass is 558 g/mol. The van der Waals surface area contributed by atoms with Crippen LogP contribution < -0.4 is 20.7 Å². The number of alkyl halides is 2. The van der Waals surface area contributed by atoms with Gasteiger partial charge >= 0.3 is 6.03 Å². The Bertz CT molecular complexity index is 931. The number of carbonyl (C=O) groups is 2. The molecule has 8 nitrogen and oxygen atoms in total. The van der Waals surface area contributed by atoms with Gasteiger partial charge in [-0.1, -0.05) is 30.9 Å². The predicted octanol–water partition coefficient (Wildman–Crippen LogP) is 3.85. The largest absolute Gasteiger partial charge is 0.354 e. The molecule has 1 fully saturated rings. The Morgan fingerprint density at radius 2 is 1.76 bits per heavy atom. The van der Waals surface area contributed by atoms with E-state index >= 15 is 0 Å². The smallest absolute Gasteiger partial charge is 0.315 e. The second kappa shape index (κ2) is 14.3. The number of unbranched alkanes of at least 4 members (excludes halogenated alkanes) is 1. The average molecular weight is 560 g/mol. The van der Waals surface area contributed by atoms with Crippen molar-refractivity contribution in [3.8, 4) is 0 Å². The van der Waals surface area contributed by atoms with Crippen LogP contribution in [0.1, 0.15) is 51.4 Å². The van der Waals surface area contributed by atoms with E-state index in [1.807, 2.05) is 0 Å². The zero-order valence-electron chi connectivity index (χ0n) is 18.6. The van der Waals surface area contributed by atoms with Crippen molar-refractivity contribution in [2.45, 2.75) is 73.2 Å². The maximum atomic E-state index is 13.1. The van der Waals surface area contributed by atoms with Gasteiger partial charge in [0.05, 0.1) is 5.02 Å². The van der Waals surface area contributed by atoms with Gasteiger partial charge in [-0.25, -0.2) is 22.3 Å². The van der Waals surface area contributed by atoms with Crippen LogP contribution in [0, 0.1) is 5.82 Å². The van der Waals surface area contributed by atoms with E-state index in [2.05, 4.69) is 20.7 Å². The first-order valence-corrected chi connectivity index (χ1v) is 13.9. The van der Waals surface area contributed by atoms with Gasteiger partial charge in [-0.05, 0) is 43.9 Å². The molecule has 4 N–H and O–H groups in total. The fourth-order valence-electron chi connectivity index (χ4n) is 3.60. The molecule has 34 heavy (non-hydrogen) atoms. The van der Waals surface area contributed by atoms with Crippen molar-refractivity contribution in [2.75, 3.05) is 13.1 Å². The van der Waals surface area contributed by atoms with Crippen molar-refractivity contribution in [3.05, 3.63) is 29.0 Å². The maximum Gasteiger partial charge on any atom is 0.315 e. The summed E-state index contributed by atoms with van der Waals surface area (Å²) in [6, 6.07) is 1.80. The molecule has 1 saturated carbocycles. The highest BCUT2D eigenvalue weighted by molar-refractivity contribution is 7.89. The molecule has 2 rings (SSSR count). The number of benzene rings is 1. The van der Waals surface area contributed by atoms with E-state index in [-0.39, 0.29) is 35.5 Å². The first-order chi connectivity index (χ1) is 16.1. The van der Waals surface area contributed by atoms with Crippen LogP contribution in [0.5, 0.6) is 0 Å². The van der Waals surface area contributed by atoms with Gasteiger partial charge in [0, 0.05) is 25.6 Å². The van der Waals surface area contributed by atoms with Crippen molar-refractivity contribution in [1.29, 1.82) is 0 Å². The third-order valence-electron chi connectivity index (χ3n) is 5.35. The molecule has 1 aliphatic rings. The van der Waals surface area contributed by atoms with Crippen molar-refractivity contribution < 1.29 is 22.4 Å². The molecular weight excluding hydrogens is 530 g/mol. The van der Waals surface area contributed by atoms with Crippen LogP contribution in [0.3, 0.4) is 0 Å². The first kappa shape index (κ1) is 28.9. The van der Waals surface area contributed by atoms with Crippen molar-refractivity contribution in [3.63, 3.8) is 0 Å². The summed E-state index contributed by atoms with van der Waals surface area (Å²) < 4.78 is 40.1. The standard InChI is InChI=1S/C21H30Cl3FN4O4S/c22-16-12-14(25)8-9-18(16)34(32,33)27-11-5-4-10-26-20(30)17(13-19(23)24)29-21(31)28-15-6-2-1-3-7-15/h8-9,12,15,17,19,27H,1-7,10-11,13H2,(H,26,30)(H2,28,29,31)/t17-/m0/s1. The summed E-state index contributed by atoms with van der Waals surface area (Å²) in [4.78, 5) is 23.8. The normalized spacial score (nSPS) is 15.7. The minimum Gasteiger partial charge on any atom is -0.354 e.